The van der Waals surface area contributed by atoms with E-state index in [4.69, 9.17) is 13.1 Å². The number of halogens is 6. The summed E-state index contributed by atoms with van der Waals surface area (Å²) in [6.07, 6.45) is 0.248. The number of nitrogens with zero attached hydrogens (tertiary/aromatic N) is 4. The quantitative estimate of drug-likeness (QED) is 0.109. The van der Waals surface area contributed by atoms with Gasteiger partial charge in [-0.3, -0.25) is 0 Å². The number of hydrogen-bond donors (Lipinski definition) is 0. The zero-order chi connectivity index (χ0) is 34.0. The van der Waals surface area contributed by atoms with Gasteiger partial charge in [0.1, 0.15) is 0 Å². The highest BCUT2D eigenvalue weighted by molar-refractivity contribution is 5.93. The molecule has 0 unspecified atom stereocenters. The smallest absolute Gasteiger partial charge is 0.226 e. The lowest BCUT2D eigenvalue weighted by Gasteiger charge is -2.13. The van der Waals surface area contributed by atoms with Crippen LogP contribution in [0.2, 0.25) is 0 Å². The topological polar surface area (TPSA) is 56.3 Å². The first-order chi connectivity index (χ1) is 23.1. The van der Waals surface area contributed by atoms with Crippen LogP contribution in [-0.4, -0.2) is 0 Å². The summed E-state index contributed by atoms with van der Waals surface area (Å²) in [5.41, 5.74) is 4.71. The number of fused-ring (bicyclic) bond motifs is 6. The minimum absolute atomic E-state index is 0.0783. The van der Waals surface area contributed by atoms with E-state index in [1.165, 1.54) is 0 Å². The van der Waals surface area contributed by atoms with E-state index in [2.05, 4.69) is 9.69 Å². The summed E-state index contributed by atoms with van der Waals surface area (Å²) in [5, 5.41) is 20.8. The highest BCUT2D eigenvalue weighted by Crippen LogP contribution is 2.42. The Balaban J connectivity index is 1.52. The molecule has 48 heavy (non-hydrogen) atoms. The molecule has 7 rings (SSSR count). The largest absolute Gasteiger partial charge is 0.269 e. The Kier molecular flexibility index (Phi) is 6.90. The summed E-state index contributed by atoms with van der Waals surface area (Å²) in [7, 11) is 0. The van der Waals surface area contributed by atoms with Gasteiger partial charge in [-0.25, -0.2) is 46.6 Å². The Hall–Kier alpha value is -6.62. The third-order valence-electron chi connectivity index (χ3n) is 8.73. The lowest BCUT2D eigenvalue weighted by molar-refractivity contribution is 0.447. The van der Waals surface area contributed by atoms with Crippen molar-refractivity contribution < 1.29 is 26.3 Å². The van der Waals surface area contributed by atoms with E-state index in [-0.39, 0.29) is 35.4 Å². The molecule has 4 nitrogen and oxygen atoms in total. The summed E-state index contributed by atoms with van der Waals surface area (Å²) < 4.78 is 83.7. The van der Waals surface area contributed by atoms with Gasteiger partial charge in [0.25, 0.3) is 11.4 Å². The summed E-state index contributed by atoms with van der Waals surface area (Å²) in [5.74, 6) is -8.64. The predicted molar refractivity (Wildman–Crippen MR) is 164 cm³/mol. The van der Waals surface area contributed by atoms with Gasteiger partial charge in [0.05, 0.1) is 25.3 Å². The maximum Gasteiger partial charge on any atom is 0.269 e. The molecule has 0 aromatic heterocycles. The van der Waals surface area contributed by atoms with Crippen molar-refractivity contribution in [2.75, 3.05) is 0 Å². The van der Waals surface area contributed by atoms with Crippen LogP contribution in [0.25, 0.3) is 65.6 Å². The molecule has 0 amide bonds. The molecule has 0 fully saturated rings. The van der Waals surface area contributed by atoms with Crippen molar-refractivity contribution in [3.63, 3.8) is 0 Å². The highest BCUT2D eigenvalue weighted by atomic mass is 19.2. The van der Waals surface area contributed by atoms with Crippen LogP contribution in [0.3, 0.4) is 0 Å². The molecule has 0 N–H and O–H groups in total. The molecule has 0 saturated heterocycles. The minimum atomic E-state index is -1.60. The minimum Gasteiger partial charge on any atom is -0.226 e. The van der Waals surface area contributed by atoms with Gasteiger partial charge < -0.3 is 0 Å². The Morgan fingerprint density at radius 3 is 1.21 bits per heavy atom. The number of benzene rings is 5. The van der Waals surface area contributed by atoms with Gasteiger partial charge in [0, 0.05) is 10.4 Å². The van der Waals surface area contributed by atoms with Crippen molar-refractivity contribution in [3.8, 4) is 56.6 Å². The normalized spacial score (nSPS) is 13.2. The van der Waals surface area contributed by atoms with E-state index in [0.29, 0.717) is 66.1 Å². The highest BCUT2D eigenvalue weighted by Gasteiger charge is 2.32. The van der Waals surface area contributed by atoms with Gasteiger partial charge in [-0.05, 0) is 104 Å². The van der Waals surface area contributed by atoms with Crippen molar-refractivity contribution in [2.24, 2.45) is 0 Å². The van der Waals surface area contributed by atoms with Gasteiger partial charge >= 0.3 is 0 Å². The van der Waals surface area contributed by atoms with Crippen molar-refractivity contribution in [1.82, 2.24) is 0 Å². The monoisotopic (exact) mass is 640 g/mol. The lowest BCUT2D eigenvalue weighted by atomic mass is 9.90. The molecule has 0 heterocycles. The van der Waals surface area contributed by atoms with Gasteiger partial charge in [0.15, 0.2) is 34.9 Å². The standard InChI is InChI=1S/C38H14F6N4/c1-47-31(15-45)35-25-9-21-7-18(20-13-29(41)38(44)30(42)14-20)4-6-24(21)34(25)36(32(16-46)48-2)26-10-22-8-17(3-5-23(22)33(26)35)19-11-27(39)37(43)28(40)12-19/h3-8,11-14H,9-10H2/b35-31-,36-32+. The van der Waals surface area contributed by atoms with Crippen LogP contribution in [0, 0.1) is 70.7 Å². The molecule has 0 spiro atoms. The second-order valence-electron chi connectivity index (χ2n) is 11.2. The van der Waals surface area contributed by atoms with Gasteiger partial charge in [-0.15, -0.1) is 0 Å². The number of rotatable bonds is 2. The Morgan fingerprint density at radius 1 is 0.542 bits per heavy atom. The molecular formula is C38H14F6N4. The summed E-state index contributed by atoms with van der Waals surface area (Å²) in [6.45, 7) is 15.7. The first-order valence-electron chi connectivity index (χ1n) is 14.2. The van der Waals surface area contributed by atoms with E-state index in [1.54, 1.807) is 36.4 Å². The van der Waals surface area contributed by atoms with Crippen molar-refractivity contribution in [3.05, 3.63) is 151 Å². The average molecular weight is 641 g/mol. The van der Waals surface area contributed by atoms with Crippen LogP contribution in [0.15, 0.2) is 60.7 Å². The van der Waals surface area contributed by atoms with Crippen LogP contribution in [0.1, 0.15) is 22.3 Å². The second kappa shape index (κ2) is 11.0. The fourth-order valence-corrected chi connectivity index (χ4v) is 6.75. The third-order valence-corrected chi connectivity index (χ3v) is 8.73. The molecule has 5 aromatic rings. The molecule has 0 bridgehead atoms. The number of hydrogen-bond acceptors (Lipinski definition) is 2. The van der Waals surface area contributed by atoms with Crippen LogP contribution < -0.4 is 10.4 Å². The van der Waals surface area contributed by atoms with Gasteiger partial charge in [0.2, 0.25) is 0 Å². The van der Waals surface area contributed by atoms with Crippen molar-refractivity contribution >= 4 is 11.4 Å². The van der Waals surface area contributed by atoms with E-state index in [9.17, 15) is 36.9 Å². The van der Waals surface area contributed by atoms with Crippen LogP contribution in [0.5, 0.6) is 0 Å². The molecule has 2 aliphatic rings. The number of nitriles is 2. The van der Waals surface area contributed by atoms with Crippen molar-refractivity contribution in [1.29, 1.82) is 10.5 Å². The molecule has 0 atom stereocenters. The predicted octanol–water partition coefficient (Wildman–Crippen LogP) is 8.10. The molecule has 0 radical (unpaired) electrons. The summed E-state index contributed by atoms with van der Waals surface area (Å²) in [4.78, 5) is 7.01. The SMILES string of the molecule is [C-]#[N+]/C(C#N)=c1/c2c(/c(=C(\C#N)[N+]#[C-])c3c1-c1ccc(-c4cc(F)c(F)c(F)c4)cc1C3)-c1ccc(-c3cc(F)c(F)c(F)c3)cc1C2. The Bertz CT molecular complexity index is 2370. The average Bonchev–Trinajstić information content (AvgIpc) is 3.65. The molecule has 228 valence electrons. The van der Waals surface area contributed by atoms with Gasteiger partial charge in [-0.2, -0.15) is 0 Å². The Morgan fingerprint density at radius 2 is 0.896 bits per heavy atom. The maximum atomic E-state index is 14.1. The molecule has 2 aliphatic carbocycles. The fourth-order valence-electron chi connectivity index (χ4n) is 6.75. The first kappa shape index (κ1) is 30.1. The van der Waals surface area contributed by atoms with E-state index in [1.807, 2.05) is 12.1 Å². The first-order valence-corrected chi connectivity index (χ1v) is 14.2. The van der Waals surface area contributed by atoms with E-state index < -0.39 is 34.9 Å². The van der Waals surface area contributed by atoms with Crippen LogP contribution >= 0.6 is 0 Å². The third kappa shape index (κ3) is 4.36. The van der Waals surface area contributed by atoms with Gasteiger partial charge in [-0.1, -0.05) is 36.4 Å². The zero-order valence-corrected chi connectivity index (χ0v) is 24.2. The van der Waals surface area contributed by atoms with E-state index in [0.717, 1.165) is 24.3 Å². The maximum absolute atomic E-state index is 14.1. The van der Waals surface area contributed by atoms with E-state index >= 15 is 0 Å². The van der Waals surface area contributed by atoms with Crippen LogP contribution in [-0.2, 0) is 12.8 Å². The zero-order valence-electron chi connectivity index (χ0n) is 24.2. The molecule has 10 heteroatoms. The molecule has 0 aliphatic heterocycles. The van der Waals surface area contributed by atoms with Crippen LogP contribution in [0.4, 0.5) is 26.3 Å². The summed E-state index contributed by atoms with van der Waals surface area (Å²) >= 11 is 0. The summed E-state index contributed by atoms with van der Waals surface area (Å²) in [6, 6.07) is 17.1. The Labute approximate surface area is 268 Å². The molecular weight excluding hydrogens is 626 g/mol. The van der Waals surface area contributed by atoms with Crippen molar-refractivity contribution in [2.45, 2.75) is 12.8 Å². The molecule has 5 aromatic carbocycles. The second-order valence-corrected chi connectivity index (χ2v) is 11.2. The fraction of sp³-hybridized carbons (Fsp3) is 0.0526. The lowest BCUT2D eigenvalue weighted by Crippen LogP contribution is -2.25. The molecule has 0 saturated carbocycles.